The Bertz CT molecular complexity index is 1410. The quantitative estimate of drug-likeness (QED) is 0.221. The zero-order valence-corrected chi connectivity index (χ0v) is 24.0. The number of methoxy groups -OCH3 is 1. The summed E-state index contributed by atoms with van der Waals surface area (Å²) in [7, 11) is 5.60. The fourth-order valence-corrected chi connectivity index (χ4v) is 4.94. The molecule has 0 radical (unpaired) electrons. The van der Waals surface area contributed by atoms with Gasteiger partial charge in [-0.1, -0.05) is 18.7 Å². The van der Waals surface area contributed by atoms with Crippen molar-refractivity contribution in [3.8, 4) is 17.0 Å². The highest BCUT2D eigenvalue weighted by Gasteiger charge is 2.29. The minimum atomic E-state index is -0.291. The van der Waals surface area contributed by atoms with E-state index < -0.39 is 0 Å². The summed E-state index contributed by atoms with van der Waals surface area (Å²) in [6.45, 7) is 11.4. The summed E-state index contributed by atoms with van der Waals surface area (Å²) in [5.41, 5.74) is 5.97. The minimum absolute atomic E-state index is 0.291. The summed E-state index contributed by atoms with van der Waals surface area (Å²) >= 11 is 0. The molecule has 40 heavy (non-hydrogen) atoms. The Balaban J connectivity index is 1.70. The normalized spacial score (nSPS) is 17.2. The third-order valence-corrected chi connectivity index (χ3v) is 7.38. The standard InChI is InChI=1S/C30H38N8O2/c1-8-30(39)36-25-12-26(28(40-7)14-27(25)38-15-18(2)37(6)19(3)16-38)35-29-13-23(33-17-34-29)21-9-10-22(20(4)31)24(11-21)32-5/h8-14,17-19,31-32H,1,15-16H2,2-7H3,(H,36,39)(H,33,34,35). The van der Waals surface area contributed by atoms with Gasteiger partial charge in [-0.15, -0.1) is 0 Å². The zero-order valence-electron chi connectivity index (χ0n) is 24.0. The molecular formula is C30H38N8O2. The van der Waals surface area contributed by atoms with Gasteiger partial charge in [0.15, 0.2) is 0 Å². The van der Waals surface area contributed by atoms with Crippen LogP contribution >= 0.6 is 0 Å². The number of hydrogen-bond donors (Lipinski definition) is 4. The molecule has 2 unspecified atom stereocenters. The van der Waals surface area contributed by atoms with Crippen LogP contribution in [-0.4, -0.2) is 72.9 Å². The highest BCUT2D eigenvalue weighted by molar-refractivity contribution is 6.03. The Morgan fingerprint density at radius 1 is 1.10 bits per heavy atom. The fraction of sp³-hybridized carbons (Fsp3) is 0.333. The molecule has 0 spiro atoms. The highest BCUT2D eigenvalue weighted by Crippen LogP contribution is 2.40. The lowest BCUT2D eigenvalue weighted by Crippen LogP contribution is -2.55. The third-order valence-electron chi connectivity index (χ3n) is 7.38. The summed E-state index contributed by atoms with van der Waals surface area (Å²) < 4.78 is 5.79. The molecule has 4 N–H and O–H groups in total. The van der Waals surface area contributed by atoms with E-state index in [1.165, 1.54) is 12.4 Å². The number of nitrogens with zero attached hydrogens (tertiary/aromatic N) is 4. The Morgan fingerprint density at radius 3 is 2.45 bits per heavy atom. The number of aromatic nitrogens is 2. The van der Waals surface area contributed by atoms with Crippen LogP contribution in [0, 0.1) is 5.41 Å². The van der Waals surface area contributed by atoms with Gasteiger partial charge >= 0.3 is 0 Å². The molecule has 1 fully saturated rings. The first-order valence-electron chi connectivity index (χ1n) is 13.2. The second-order valence-electron chi connectivity index (χ2n) is 10.1. The first-order chi connectivity index (χ1) is 19.1. The first-order valence-corrected chi connectivity index (χ1v) is 13.2. The molecule has 4 rings (SSSR count). The molecule has 10 nitrogen and oxygen atoms in total. The van der Waals surface area contributed by atoms with Crippen LogP contribution in [0.4, 0.5) is 28.6 Å². The predicted molar refractivity (Wildman–Crippen MR) is 164 cm³/mol. The van der Waals surface area contributed by atoms with Crippen molar-refractivity contribution in [2.24, 2.45) is 0 Å². The lowest BCUT2D eigenvalue weighted by Gasteiger charge is -2.44. The van der Waals surface area contributed by atoms with Gasteiger partial charge in [0.25, 0.3) is 0 Å². The maximum atomic E-state index is 12.4. The van der Waals surface area contributed by atoms with Crippen molar-refractivity contribution in [3.05, 3.63) is 60.9 Å². The number of benzene rings is 2. The van der Waals surface area contributed by atoms with E-state index in [0.29, 0.717) is 40.7 Å². The molecule has 1 amide bonds. The molecule has 0 saturated carbocycles. The average Bonchev–Trinajstić information content (AvgIpc) is 2.95. The van der Waals surface area contributed by atoms with Gasteiger partial charge in [0.2, 0.25) is 5.91 Å². The Labute approximate surface area is 236 Å². The van der Waals surface area contributed by atoms with Crippen molar-refractivity contribution in [1.82, 2.24) is 14.9 Å². The SMILES string of the molecule is C=CC(=O)Nc1cc(Nc2cc(-c3ccc(C(C)=N)c(NC)c3)ncn2)c(OC)cc1N1CC(C)N(C)C(C)C1. The summed E-state index contributed by atoms with van der Waals surface area (Å²) in [4.78, 5) is 25.9. The van der Waals surface area contributed by atoms with E-state index in [0.717, 1.165) is 41.3 Å². The fourth-order valence-electron chi connectivity index (χ4n) is 4.94. The largest absolute Gasteiger partial charge is 0.494 e. The van der Waals surface area contributed by atoms with Gasteiger partial charge in [-0.25, -0.2) is 9.97 Å². The lowest BCUT2D eigenvalue weighted by molar-refractivity contribution is -0.111. The van der Waals surface area contributed by atoms with Gasteiger partial charge in [0.1, 0.15) is 17.9 Å². The van der Waals surface area contributed by atoms with Gasteiger partial charge < -0.3 is 31.0 Å². The number of carbonyl (C=O) groups excluding carboxylic acids is 1. The van der Waals surface area contributed by atoms with E-state index in [-0.39, 0.29) is 5.91 Å². The molecule has 3 aromatic rings. The van der Waals surface area contributed by atoms with Crippen molar-refractivity contribution in [2.75, 3.05) is 55.1 Å². The number of likely N-dealkylation sites (N-methyl/N-ethyl adjacent to an activating group) is 1. The topological polar surface area (TPSA) is 118 Å². The van der Waals surface area contributed by atoms with E-state index in [1.807, 2.05) is 43.4 Å². The molecule has 0 aliphatic carbocycles. The van der Waals surface area contributed by atoms with Crippen LogP contribution in [0.1, 0.15) is 26.3 Å². The average molecular weight is 543 g/mol. The molecule has 1 aromatic heterocycles. The first kappa shape index (κ1) is 28.6. The van der Waals surface area contributed by atoms with Gasteiger partial charge in [0.05, 0.1) is 29.9 Å². The molecule has 2 aromatic carbocycles. The molecular weight excluding hydrogens is 504 g/mol. The van der Waals surface area contributed by atoms with Gasteiger partial charge in [-0.3, -0.25) is 9.69 Å². The smallest absolute Gasteiger partial charge is 0.247 e. The van der Waals surface area contributed by atoms with Crippen molar-refractivity contribution >= 4 is 40.2 Å². The highest BCUT2D eigenvalue weighted by atomic mass is 16.5. The van der Waals surface area contributed by atoms with Gasteiger partial charge in [0, 0.05) is 66.9 Å². The maximum Gasteiger partial charge on any atom is 0.247 e. The predicted octanol–water partition coefficient (Wildman–Crippen LogP) is 4.98. The second-order valence-corrected chi connectivity index (χ2v) is 10.1. The maximum absolute atomic E-state index is 12.4. The minimum Gasteiger partial charge on any atom is -0.494 e. The van der Waals surface area contributed by atoms with Crippen LogP contribution in [0.15, 0.2) is 55.4 Å². The third kappa shape index (κ3) is 6.07. The number of amides is 1. The Kier molecular flexibility index (Phi) is 8.69. The van der Waals surface area contributed by atoms with Crippen LogP contribution in [-0.2, 0) is 4.79 Å². The molecule has 1 saturated heterocycles. The number of anilines is 5. The van der Waals surface area contributed by atoms with Crippen LogP contribution in [0.3, 0.4) is 0 Å². The molecule has 2 heterocycles. The molecule has 1 aliphatic rings. The van der Waals surface area contributed by atoms with E-state index in [9.17, 15) is 4.79 Å². The van der Waals surface area contributed by atoms with Crippen molar-refractivity contribution in [2.45, 2.75) is 32.9 Å². The summed E-state index contributed by atoms with van der Waals surface area (Å²) in [5.74, 6) is 0.896. The van der Waals surface area contributed by atoms with Crippen LogP contribution in [0.5, 0.6) is 5.75 Å². The number of carbonyl (C=O) groups is 1. The number of hydrogen-bond acceptors (Lipinski definition) is 9. The van der Waals surface area contributed by atoms with E-state index >= 15 is 0 Å². The molecule has 10 heteroatoms. The Morgan fingerprint density at radius 2 is 1.82 bits per heavy atom. The Hall–Kier alpha value is -4.44. The number of piperazine rings is 1. The van der Waals surface area contributed by atoms with Gasteiger partial charge in [-0.05, 0) is 46.0 Å². The molecule has 1 aliphatic heterocycles. The van der Waals surface area contributed by atoms with E-state index in [2.05, 4.69) is 63.2 Å². The van der Waals surface area contributed by atoms with Crippen LogP contribution < -0.4 is 25.6 Å². The number of rotatable bonds is 9. The van der Waals surface area contributed by atoms with E-state index in [1.54, 1.807) is 14.0 Å². The summed E-state index contributed by atoms with van der Waals surface area (Å²) in [6.07, 6.45) is 2.76. The zero-order chi connectivity index (χ0) is 29.0. The van der Waals surface area contributed by atoms with Crippen LogP contribution in [0.25, 0.3) is 11.3 Å². The van der Waals surface area contributed by atoms with E-state index in [4.69, 9.17) is 10.1 Å². The number of ether oxygens (including phenoxy) is 1. The van der Waals surface area contributed by atoms with Crippen molar-refractivity contribution in [3.63, 3.8) is 0 Å². The van der Waals surface area contributed by atoms with Gasteiger partial charge in [-0.2, -0.15) is 0 Å². The molecule has 0 bridgehead atoms. The molecule has 210 valence electrons. The second kappa shape index (κ2) is 12.2. The van der Waals surface area contributed by atoms with Crippen molar-refractivity contribution in [1.29, 1.82) is 5.41 Å². The number of nitrogens with one attached hydrogen (secondary N) is 4. The lowest BCUT2D eigenvalue weighted by atomic mass is 10.0. The summed E-state index contributed by atoms with van der Waals surface area (Å²) in [6, 6.07) is 12.2. The van der Waals surface area contributed by atoms with Crippen molar-refractivity contribution < 1.29 is 9.53 Å². The monoisotopic (exact) mass is 542 g/mol. The van der Waals surface area contributed by atoms with Crippen LogP contribution in [0.2, 0.25) is 0 Å². The molecule has 2 atom stereocenters. The summed E-state index contributed by atoms with van der Waals surface area (Å²) in [5, 5.41) is 17.5.